The number of hydrogen-bond donors (Lipinski definition) is 0. The van der Waals surface area contributed by atoms with Gasteiger partial charge in [-0.3, -0.25) is 0 Å². The second-order valence-corrected chi connectivity index (χ2v) is 6.41. The molecule has 0 bridgehead atoms. The van der Waals surface area contributed by atoms with Crippen LogP contribution < -0.4 is 0 Å². The quantitative estimate of drug-likeness (QED) is 0.700. The van der Waals surface area contributed by atoms with Gasteiger partial charge >= 0.3 is 0 Å². The predicted molar refractivity (Wildman–Crippen MR) is 59.1 cm³/mol. The van der Waals surface area contributed by atoms with Gasteiger partial charge in [0.25, 0.3) is 0 Å². The molecule has 84 valence electrons. The fourth-order valence-corrected chi connectivity index (χ4v) is 3.46. The molecule has 3 nitrogen and oxygen atoms in total. The van der Waals surface area contributed by atoms with E-state index in [0.29, 0.717) is 31.3 Å². The van der Waals surface area contributed by atoms with Gasteiger partial charge in [0.2, 0.25) is 10.0 Å². The van der Waals surface area contributed by atoms with E-state index >= 15 is 0 Å². The maximum atomic E-state index is 11.7. The molecule has 1 aliphatic rings. The highest BCUT2D eigenvalue weighted by Crippen LogP contribution is 2.19. The largest absolute Gasteiger partial charge is 0.214 e. The summed E-state index contributed by atoms with van der Waals surface area (Å²) in [6.07, 6.45) is 2.52. The van der Waals surface area contributed by atoms with E-state index < -0.39 is 10.0 Å². The molecule has 1 heterocycles. The van der Waals surface area contributed by atoms with E-state index in [1.807, 2.05) is 0 Å². The predicted octanol–water partition coefficient (Wildman–Crippen LogP) is 1.68. The van der Waals surface area contributed by atoms with E-state index in [0.717, 1.165) is 12.8 Å². The topological polar surface area (TPSA) is 37.4 Å². The van der Waals surface area contributed by atoms with Crippen molar-refractivity contribution < 1.29 is 8.42 Å². The van der Waals surface area contributed by atoms with Crippen molar-refractivity contribution >= 4 is 21.6 Å². The molecule has 0 aliphatic carbocycles. The van der Waals surface area contributed by atoms with E-state index in [1.165, 1.54) is 0 Å². The lowest BCUT2D eigenvalue weighted by atomic mass is 10.0. The first kappa shape index (κ1) is 12.3. The van der Waals surface area contributed by atoms with Gasteiger partial charge in [0, 0.05) is 19.0 Å². The monoisotopic (exact) mass is 239 g/mol. The lowest BCUT2D eigenvalue weighted by molar-refractivity contribution is 0.288. The Bertz CT molecular complexity index is 258. The third-order valence-corrected chi connectivity index (χ3v) is 4.90. The van der Waals surface area contributed by atoms with Crippen LogP contribution in [0.2, 0.25) is 0 Å². The molecule has 0 unspecified atom stereocenters. The Morgan fingerprint density at radius 3 is 2.43 bits per heavy atom. The summed E-state index contributed by atoms with van der Waals surface area (Å²) >= 11 is 5.49. The Balaban J connectivity index is 2.47. The molecular formula is C9H18ClNO2S. The van der Waals surface area contributed by atoms with Crippen molar-refractivity contribution in [1.29, 1.82) is 0 Å². The molecule has 14 heavy (non-hydrogen) atoms. The third-order valence-electron chi connectivity index (χ3n) is 2.67. The van der Waals surface area contributed by atoms with E-state index in [-0.39, 0.29) is 5.75 Å². The summed E-state index contributed by atoms with van der Waals surface area (Å²) in [5.41, 5.74) is 0. The number of halogens is 1. The molecule has 0 N–H and O–H groups in total. The molecule has 1 aliphatic heterocycles. The van der Waals surface area contributed by atoms with Crippen molar-refractivity contribution in [2.45, 2.75) is 26.2 Å². The molecule has 1 rings (SSSR count). The zero-order valence-electron chi connectivity index (χ0n) is 8.58. The Hall–Kier alpha value is 0.200. The van der Waals surface area contributed by atoms with Crippen LogP contribution in [0.5, 0.6) is 0 Å². The van der Waals surface area contributed by atoms with Crippen LogP contribution in [-0.2, 0) is 10.0 Å². The summed E-state index contributed by atoms with van der Waals surface area (Å²) in [5, 5.41) is 0. The summed E-state index contributed by atoms with van der Waals surface area (Å²) in [6, 6.07) is 0. The third kappa shape index (κ3) is 3.41. The lowest BCUT2D eigenvalue weighted by Gasteiger charge is -2.29. The van der Waals surface area contributed by atoms with E-state index in [9.17, 15) is 8.42 Å². The van der Waals surface area contributed by atoms with Crippen molar-refractivity contribution in [3.05, 3.63) is 0 Å². The van der Waals surface area contributed by atoms with Crippen LogP contribution in [0.15, 0.2) is 0 Å². The Morgan fingerprint density at radius 1 is 1.36 bits per heavy atom. The van der Waals surface area contributed by atoms with Gasteiger partial charge in [0.05, 0.1) is 5.75 Å². The van der Waals surface area contributed by atoms with Crippen molar-refractivity contribution in [3.63, 3.8) is 0 Å². The minimum Gasteiger partial charge on any atom is -0.212 e. The highest BCUT2D eigenvalue weighted by Gasteiger charge is 2.25. The lowest BCUT2D eigenvalue weighted by Crippen LogP contribution is -2.39. The van der Waals surface area contributed by atoms with Gasteiger partial charge < -0.3 is 0 Å². The van der Waals surface area contributed by atoms with Gasteiger partial charge in [-0.2, -0.15) is 0 Å². The number of piperidine rings is 1. The summed E-state index contributed by atoms with van der Waals surface area (Å²) in [7, 11) is -3.02. The molecule has 0 spiro atoms. The minimum absolute atomic E-state index is 0.199. The van der Waals surface area contributed by atoms with Crippen molar-refractivity contribution in [2.24, 2.45) is 5.92 Å². The normalized spacial score (nSPS) is 21.3. The van der Waals surface area contributed by atoms with Crippen molar-refractivity contribution in [1.82, 2.24) is 4.31 Å². The summed E-state index contributed by atoms with van der Waals surface area (Å²) < 4.78 is 25.0. The summed E-state index contributed by atoms with van der Waals surface area (Å²) in [5.74, 6) is 1.28. The standard InChI is InChI=1S/C9H18ClNO2S/c1-9-3-6-11(7-4-9)14(12,13)8-2-5-10/h9H,2-8H2,1H3. The number of rotatable bonds is 4. The van der Waals surface area contributed by atoms with Gasteiger partial charge in [-0.05, 0) is 25.2 Å². The van der Waals surface area contributed by atoms with Gasteiger partial charge in [-0.1, -0.05) is 6.92 Å². The zero-order chi connectivity index (χ0) is 10.6. The van der Waals surface area contributed by atoms with Gasteiger partial charge in [0.15, 0.2) is 0 Å². The van der Waals surface area contributed by atoms with Crippen LogP contribution in [0.1, 0.15) is 26.2 Å². The number of alkyl halides is 1. The van der Waals surface area contributed by atoms with E-state index in [2.05, 4.69) is 6.92 Å². The van der Waals surface area contributed by atoms with Gasteiger partial charge in [-0.15, -0.1) is 11.6 Å². The average Bonchev–Trinajstić information content (AvgIpc) is 2.16. The SMILES string of the molecule is CC1CCN(S(=O)(=O)CCCCl)CC1. The molecule has 0 aromatic carbocycles. The summed E-state index contributed by atoms with van der Waals surface area (Å²) in [4.78, 5) is 0. The number of nitrogens with zero attached hydrogens (tertiary/aromatic N) is 1. The van der Waals surface area contributed by atoms with Gasteiger partial charge in [0.1, 0.15) is 0 Å². The van der Waals surface area contributed by atoms with Crippen LogP contribution in [0, 0.1) is 5.92 Å². The maximum absolute atomic E-state index is 11.7. The van der Waals surface area contributed by atoms with E-state index in [4.69, 9.17) is 11.6 Å². The second kappa shape index (κ2) is 5.33. The molecule has 5 heteroatoms. The molecule has 0 atom stereocenters. The second-order valence-electron chi connectivity index (χ2n) is 3.94. The summed E-state index contributed by atoms with van der Waals surface area (Å²) in [6.45, 7) is 3.54. The highest BCUT2D eigenvalue weighted by molar-refractivity contribution is 7.89. The van der Waals surface area contributed by atoms with Crippen LogP contribution in [0.4, 0.5) is 0 Å². The van der Waals surface area contributed by atoms with Crippen LogP contribution in [0.3, 0.4) is 0 Å². The van der Waals surface area contributed by atoms with Crippen LogP contribution in [-0.4, -0.2) is 37.4 Å². The van der Waals surface area contributed by atoms with Crippen LogP contribution >= 0.6 is 11.6 Å². The number of hydrogen-bond acceptors (Lipinski definition) is 2. The fourth-order valence-electron chi connectivity index (χ4n) is 1.63. The van der Waals surface area contributed by atoms with E-state index in [1.54, 1.807) is 4.31 Å². The molecule has 1 saturated heterocycles. The Kier molecular flexibility index (Phi) is 4.67. The molecule has 1 fully saturated rings. The molecule has 0 saturated carbocycles. The highest BCUT2D eigenvalue weighted by atomic mass is 35.5. The molecule has 0 amide bonds. The first-order valence-electron chi connectivity index (χ1n) is 5.10. The smallest absolute Gasteiger partial charge is 0.212 e. The zero-order valence-corrected chi connectivity index (χ0v) is 10.1. The minimum atomic E-state index is -3.02. The average molecular weight is 240 g/mol. The van der Waals surface area contributed by atoms with Crippen molar-refractivity contribution in [2.75, 3.05) is 24.7 Å². The molecular weight excluding hydrogens is 222 g/mol. The maximum Gasteiger partial charge on any atom is 0.214 e. The Morgan fingerprint density at radius 2 is 1.93 bits per heavy atom. The molecule has 0 radical (unpaired) electrons. The molecule has 0 aromatic heterocycles. The number of sulfonamides is 1. The van der Waals surface area contributed by atoms with Crippen LogP contribution in [0.25, 0.3) is 0 Å². The Labute approximate surface area is 91.5 Å². The molecule has 0 aromatic rings. The van der Waals surface area contributed by atoms with Crippen molar-refractivity contribution in [3.8, 4) is 0 Å². The van der Waals surface area contributed by atoms with Gasteiger partial charge in [-0.25, -0.2) is 12.7 Å². The first-order valence-corrected chi connectivity index (χ1v) is 7.24. The first-order chi connectivity index (χ1) is 6.56. The fraction of sp³-hybridized carbons (Fsp3) is 1.00.